The fraction of sp³-hybridized carbons (Fsp3) is 0.571. The van der Waals surface area contributed by atoms with Crippen LogP contribution in [-0.4, -0.2) is 26.8 Å². The van der Waals surface area contributed by atoms with Crippen molar-refractivity contribution in [2.45, 2.75) is 75.5 Å². The minimum absolute atomic E-state index is 0.0847. The van der Waals surface area contributed by atoms with E-state index < -0.39 is 0 Å². The Balaban J connectivity index is 1.64. The Morgan fingerprint density at radius 3 is 1.77 bits per heavy atom. The minimum atomic E-state index is -0.0847. The van der Waals surface area contributed by atoms with E-state index in [-0.39, 0.29) is 5.41 Å². The van der Waals surface area contributed by atoms with Gasteiger partial charge in [-0.1, -0.05) is 69.0 Å². The van der Waals surface area contributed by atoms with Gasteiger partial charge in [-0.05, 0) is 77.4 Å². The summed E-state index contributed by atoms with van der Waals surface area (Å²) in [5.74, 6) is 1.49. The number of benzene rings is 2. The summed E-state index contributed by atoms with van der Waals surface area (Å²) in [6.45, 7) is 4.88. The Morgan fingerprint density at radius 1 is 0.833 bits per heavy atom. The molecule has 0 radical (unpaired) electrons. The van der Waals surface area contributed by atoms with Crippen LogP contribution in [0.4, 0.5) is 0 Å². The second-order valence-corrected chi connectivity index (χ2v) is 9.87. The van der Waals surface area contributed by atoms with Crippen LogP contribution in [0.25, 0.3) is 11.1 Å². The van der Waals surface area contributed by atoms with Crippen LogP contribution < -0.4 is 5.32 Å². The van der Waals surface area contributed by atoms with Crippen molar-refractivity contribution in [2.75, 3.05) is 26.8 Å². The molecule has 0 bridgehead atoms. The van der Waals surface area contributed by atoms with Gasteiger partial charge in [0.25, 0.3) is 0 Å². The molecule has 0 spiro atoms. The first-order valence-corrected chi connectivity index (χ1v) is 12.3. The standard InChI is InChI=1S/C28H37NO/c1-3-29-18-28(19-30-2)26-16-22(20-8-4-5-9-20)12-14-24(26)25-15-13-23(17-27(25)28)21-10-6-7-11-21/h12-17,20-21,29H,3-11,18-19H2,1-2H3. The molecule has 0 aliphatic heterocycles. The van der Waals surface area contributed by atoms with Crippen LogP contribution in [0, 0.1) is 0 Å². The molecule has 0 heterocycles. The molecule has 30 heavy (non-hydrogen) atoms. The first kappa shape index (κ1) is 20.3. The number of nitrogens with one attached hydrogen (secondary N) is 1. The number of rotatable bonds is 7. The average Bonchev–Trinajstić information content (AvgIpc) is 3.53. The molecule has 0 unspecified atom stereocenters. The Kier molecular flexibility index (Phi) is 5.73. The Labute approximate surface area is 182 Å². The Bertz CT molecular complexity index is 824. The van der Waals surface area contributed by atoms with Gasteiger partial charge in [0.05, 0.1) is 12.0 Å². The lowest BCUT2D eigenvalue weighted by atomic mass is 9.76. The molecule has 5 rings (SSSR count). The summed E-state index contributed by atoms with van der Waals surface area (Å²) in [6, 6.07) is 14.8. The van der Waals surface area contributed by atoms with Crippen LogP contribution >= 0.6 is 0 Å². The first-order chi connectivity index (χ1) is 14.8. The van der Waals surface area contributed by atoms with Crippen LogP contribution in [0.5, 0.6) is 0 Å². The summed E-state index contributed by atoms with van der Waals surface area (Å²) in [5, 5.41) is 3.70. The summed E-state index contributed by atoms with van der Waals surface area (Å²) in [5.41, 5.74) is 8.86. The van der Waals surface area contributed by atoms with E-state index in [1.165, 1.54) is 73.6 Å². The molecule has 160 valence electrons. The fourth-order valence-electron chi connectivity index (χ4n) is 6.54. The average molecular weight is 404 g/mol. The monoisotopic (exact) mass is 403 g/mol. The highest BCUT2D eigenvalue weighted by Gasteiger charge is 2.44. The van der Waals surface area contributed by atoms with E-state index in [1.807, 2.05) is 7.11 Å². The van der Waals surface area contributed by atoms with Crippen LogP contribution in [0.1, 0.15) is 92.4 Å². The lowest BCUT2D eigenvalue weighted by Gasteiger charge is -2.33. The van der Waals surface area contributed by atoms with Gasteiger partial charge < -0.3 is 10.1 Å². The van der Waals surface area contributed by atoms with Crippen molar-refractivity contribution in [3.8, 4) is 11.1 Å². The van der Waals surface area contributed by atoms with Crippen molar-refractivity contribution in [1.82, 2.24) is 5.32 Å². The lowest BCUT2D eigenvalue weighted by molar-refractivity contribution is 0.148. The zero-order valence-corrected chi connectivity index (χ0v) is 18.8. The van der Waals surface area contributed by atoms with Gasteiger partial charge in [-0.25, -0.2) is 0 Å². The van der Waals surface area contributed by atoms with Crippen LogP contribution in [0.3, 0.4) is 0 Å². The number of methoxy groups -OCH3 is 1. The molecule has 2 saturated carbocycles. The zero-order valence-electron chi connectivity index (χ0n) is 18.8. The summed E-state index contributed by atoms with van der Waals surface area (Å²) in [7, 11) is 1.87. The fourth-order valence-corrected chi connectivity index (χ4v) is 6.54. The van der Waals surface area contributed by atoms with E-state index >= 15 is 0 Å². The minimum Gasteiger partial charge on any atom is -0.383 e. The third kappa shape index (κ3) is 3.33. The van der Waals surface area contributed by atoms with Crippen molar-refractivity contribution in [3.05, 3.63) is 58.7 Å². The molecule has 2 aromatic rings. The van der Waals surface area contributed by atoms with Gasteiger partial charge in [0, 0.05) is 13.7 Å². The van der Waals surface area contributed by atoms with E-state index in [9.17, 15) is 0 Å². The molecule has 0 aromatic heterocycles. The van der Waals surface area contributed by atoms with E-state index in [0.29, 0.717) is 0 Å². The molecule has 0 saturated heterocycles. The predicted molar refractivity (Wildman–Crippen MR) is 125 cm³/mol. The maximum absolute atomic E-state index is 5.93. The van der Waals surface area contributed by atoms with Crippen LogP contribution in [0.15, 0.2) is 36.4 Å². The van der Waals surface area contributed by atoms with Crippen LogP contribution in [0.2, 0.25) is 0 Å². The maximum atomic E-state index is 5.93. The number of hydrogen-bond acceptors (Lipinski definition) is 2. The topological polar surface area (TPSA) is 21.3 Å². The summed E-state index contributed by atoms with van der Waals surface area (Å²) < 4.78 is 5.93. The molecule has 2 heteroatoms. The van der Waals surface area contributed by atoms with Crippen molar-refractivity contribution < 1.29 is 4.74 Å². The number of fused-ring (bicyclic) bond motifs is 3. The third-order valence-corrected chi connectivity index (χ3v) is 8.13. The second-order valence-electron chi connectivity index (χ2n) is 9.87. The molecule has 3 aliphatic carbocycles. The van der Waals surface area contributed by atoms with Gasteiger partial charge in [0.2, 0.25) is 0 Å². The highest BCUT2D eigenvalue weighted by atomic mass is 16.5. The van der Waals surface area contributed by atoms with Gasteiger partial charge in [-0.3, -0.25) is 0 Å². The summed E-state index contributed by atoms with van der Waals surface area (Å²) in [6.07, 6.45) is 10.9. The van der Waals surface area contributed by atoms with E-state index in [0.717, 1.165) is 31.5 Å². The van der Waals surface area contributed by atoms with Crippen molar-refractivity contribution in [3.63, 3.8) is 0 Å². The van der Waals surface area contributed by atoms with Crippen molar-refractivity contribution >= 4 is 0 Å². The molecule has 2 nitrogen and oxygen atoms in total. The Hall–Kier alpha value is -1.64. The number of hydrogen-bond donors (Lipinski definition) is 1. The normalized spacial score (nSPS) is 20.6. The number of ether oxygens (including phenoxy) is 1. The SMILES string of the molecule is CCNCC1(COC)c2cc(C3CCCC3)ccc2-c2ccc(C3CCCC3)cc21. The van der Waals surface area contributed by atoms with Crippen molar-refractivity contribution in [1.29, 1.82) is 0 Å². The van der Waals surface area contributed by atoms with Gasteiger partial charge in [0.15, 0.2) is 0 Å². The smallest absolute Gasteiger partial charge is 0.0612 e. The molecule has 0 amide bonds. The van der Waals surface area contributed by atoms with Crippen LogP contribution in [-0.2, 0) is 10.2 Å². The highest BCUT2D eigenvalue weighted by molar-refractivity contribution is 5.82. The molecule has 2 fully saturated rings. The van der Waals surface area contributed by atoms with E-state index in [4.69, 9.17) is 4.74 Å². The van der Waals surface area contributed by atoms with Crippen molar-refractivity contribution in [2.24, 2.45) is 0 Å². The predicted octanol–water partition coefficient (Wildman–Crippen LogP) is 6.52. The maximum Gasteiger partial charge on any atom is 0.0612 e. The largest absolute Gasteiger partial charge is 0.383 e. The summed E-state index contributed by atoms with van der Waals surface area (Å²) >= 11 is 0. The Morgan fingerprint density at radius 2 is 1.33 bits per heavy atom. The molecular formula is C28H37NO. The molecule has 1 N–H and O–H groups in total. The number of likely N-dealkylation sites (N-methyl/N-ethyl adjacent to an activating group) is 1. The molecule has 0 atom stereocenters. The molecule has 3 aliphatic rings. The van der Waals surface area contributed by atoms with Gasteiger partial charge in [0.1, 0.15) is 0 Å². The van der Waals surface area contributed by atoms with Gasteiger partial charge >= 0.3 is 0 Å². The highest BCUT2D eigenvalue weighted by Crippen LogP contribution is 2.51. The van der Waals surface area contributed by atoms with Gasteiger partial charge in [-0.2, -0.15) is 0 Å². The molecular weight excluding hydrogens is 366 g/mol. The third-order valence-electron chi connectivity index (χ3n) is 8.13. The molecule has 2 aromatic carbocycles. The summed E-state index contributed by atoms with van der Waals surface area (Å²) in [4.78, 5) is 0. The van der Waals surface area contributed by atoms with Gasteiger partial charge in [-0.15, -0.1) is 0 Å². The quantitative estimate of drug-likeness (QED) is 0.568. The lowest BCUT2D eigenvalue weighted by Crippen LogP contribution is -2.41. The van der Waals surface area contributed by atoms with E-state index in [1.54, 1.807) is 11.1 Å². The first-order valence-electron chi connectivity index (χ1n) is 12.3. The van der Waals surface area contributed by atoms with E-state index in [2.05, 4.69) is 48.6 Å². The second kappa shape index (κ2) is 8.48. The zero-order chi connectivity index (χ0) is 20.6.